The molecule has 0 atom stereocenters. The van der Waals surface area contributed by atoms with Gasteiger partial charge in [0.2, 0.25) is 0 Å². The summed E-state index contributed by atoms with van der Waals surface area (Å²) in [4.78, 5) is 11.9. The Morgan fingerprint density at radius 2 is 1.88 bits per heavy atom. The van der Waals surface area contributed by atoms with Gasteiger partial charge in [-0.15, -0.1) is 0 Å². The van der Waals surface area contributed by atoms with Crippen LogP contribution in [-0.4, -0.2) is 17.1 Å². The Balaban J connectivity index is 2.16. The van der Waals surface area contributed by atoms with Gasteiger partial charge in [0.15, 0.2) is 0 Å². The smallest absolute Gasteiger partial charge is 0.253 e. The van der Waals surface area contributed by atoms with E-state index in [9.17, 15) is 9.90 Å². The molecule has 2 rings (SSSR count). The number of benzene rings is 1. The summed E-state index contributed by atoms with van der Waals surface area (Å²) < 4.78 is 0. The van der Waals surface area contributed by atoms with Crippen LogP contribution < -0.4 is 5.32 Å². The molecular formula is C12H13Cl2NO2. The predicted octanol–water partition coefficient (Wildman–Crippen LogP) is 3.37. The summed E-state index contributed by atoms with van der Waals surface area (Å²) in [6, 6.07) is 3.08. The van der Waals surface area contributed by atoms with Gasteiger partial charge in [-0.1, -0.05) is 36.0 Å². The van der Waals surface area contributed by atoms with Crippen LogP contribution in [0.2, 0.25) is 10.0 Å². The number of nitrogens with one attached hydrogen (secondary N) is 1. The van der Waals surface area contributed by atoms with E-state index in [2.05, 4.69) is 5.32 Å². The van der Waals surface area contributed by atoms with Crippen molar-refractivity contribution in [1.82, 2.24) is 5.32 Å². The quantitative estimate of drug-likeness (QED) is 0.868. The Morgan fingerprint density at radius 3 is 2.53 bits per heavy atom. The van der Waals surface area contributed by atoms with Gasteiger partial charge >= 0.3 is 0 Å². The molecule has 1 aliphatic carbocycles. The van der Waals surface area contributed by atoms with Crippen molar-refractivity contribution in [2.45, 2.75) is 31.7 Å². The SMILES string of the molecule is O=C(NC1CCCC1)c1ccc(O)c(Cl)c1Cl. The van der Waals surface area contributed by atoms with Gasteiger partial charge in [0.1, 0.15) is 10.8 Å². The molecule has 1 aromatic carbocycles. The van der Waals surface area contributed by atoms with Crippen molar-refractivity contribution in [2.24, 2.45) is 0 Å². The van der Waals surface area contributed by atoms with Crippen molar-refractivity contribution >= 4 is 29.1 Å². The minimum atomic E-state index is -0.233. The molecule has 0 radical (unpaired) electrons. The minimum Gasteiger partial charge on any atom is -0.506 e. The van der Waals surface area contributed by atoms with E-state index in [-0.39, 0.29) is 27.7 Å². The average molecular weight is 274 g/mol. The van der Waals surface area contributed by atoms with Crippen molar-refractivity contribution in [3.05, 3.63) is 27.7 Å². The van der Waals surface area contributed by atoms with Crippen LogP contribution in [-0.2, 0) is 0 Å². The lowest BCUT2D eigenvalue weighted by Crippen LogP contribution is -2.32. The number of hydrogen-bond donors (Lipinski definition) is 2. The van der Waals surface area contributed by atoms with Crippen LogP contribution in [0.3, 0.4) is 0 Å². The van der Waals surface area contributed by atoms with Gasteiger partial charge in [-0.05, 0) is 25.0 Å². The third-order valence-electron chi connectivity index (χ3n) is 3.00. The molecule has 2 N–H and O–H groups in total. The first-order chi connectivity index (χ1) is 8.09. The largest absolute Gasteiger partial charge is 0.506 e. The van der Waals surface area contributed by atoms with Crippen molar-refractivity contribution in [3.63, 3.8) is 0 Å². The zero-order valence-electron chi connectivity index (χ0n) is 9.17. The van der Waals surface area contributed by atoms with E-state index < -0.39 is 0 Å². The number of aromatic hydroxyl groups is 1. The second-order valence-corrected chi connectivity index (χ2v) is 4.97. The first-order valence-corrected chi connectivity index (χ1v) is 6.33. The molecule has 0 bridgehead atoms. The lowest BCUT2D eigenvalue weighted by Gasteiger charge is -2.13. The third kappa shape index (κ3) is 2.67. The molecule has 1 aromatic rings. The maximum absolute atomic E-state index is 11.9. The van der Waals surface area contributed by atoms with Crippen LogP contribution in [0.25, 0.3) is 0 Å². The van der Waals surface area contributed by atoms with Crippen molar-refractivity contribution in [1.29, 1.82) is 0 Å². The topological polar surface area (TPSA) is 49.3 Å². The molecule has 0 aromatic heterocycles. The van der Waals surface area contributed by atoms with E-state index in [1.807, 2.05) is 0 Å². The van der Waals surface area contributed by atoms with Crippen LogP contribution in [0.5, 0.6) is 5.75 Å². The van der Waals surface area contributed by atoms with E-state index in [0.29, 0.717) is 5.56 Å². The van der Waals surface area contributed by atoms with E-state index >= 15 is 0 Å². The van der Waals surface area contributed by atoms with Gasteiger partial charge in [0.25, 0.3) is 5.91 Å². The van der Waals surface area contributed by atoms with Gasteiger partial charge in [-0.3, -0.25) is 4.79 Å². The number of amides is 1. The number of phenolic OH excluding ortho intramolecular Hbond substituents is 1. The number of hydrogen-bond acceptors (Lipinski definition) is 2. The zero-order valence-corrected chi connectivity index (χ0v) is 10.7. The minimum absolute atomic E-state index is 0.0192. The maximum atomic E-state index is 11.9. The second-order valence-electron chi connectivity index (χ2n) is 4.22. The molecule has 0 aliphatic heterocycles. The second kappa shape index (κ2) is 5.15. The molecule has 1 fully saturated rings. The van der Waals surface area contributed by atoms with E-state index in [0.717, 1.165) is 25.7 Å². The summed E-state index contributed by atoms with van der Waals surface area (Å²) >= 11 is 11.7. The molecule has 5 heteroatoms. The Bertz CT molecular complexity index is 442. The number of carbonyl (C=O) groups is 1. The van der Waals surface area contributed by atoms with Crippen LogP contribution in [0.1, 0.15) is 36.0 Å². The summed E-state index contributed by atoms with van der Waals surface area (Å²) in [5.74, 6) is -0.349. The summed E-state index contributed by atoms with van der Waals surface area (Å²) in [6.07, 6.45) is 4.31. The number of halogens is 2. The van der Waals surface area contributed by atoms with Gasteiger partial charge < -0.3 is 10.4 Å². The number of phenols is 1. The third-order valence-corrected chi connectivity index (χ3v) is 3.87. The molecule has 17 heavy (non-hydrogen) atoms. The maximum Gasteiger partial charge on any atom is 0.253 e. The van der Waals surface area contributed by atoms with E-state index in [4.69, 9.17) is 23.2 Å². The van der Waals surface area contributed by atoms with E-state index in [1.54, 1.807) is 0 Å². The fraction of sp³-hybridized carbons (Fsp3) is 0.417. The standard InChI is InChI=1S/C12H13Cl2NO2/c13-10-8(5-6-9(16)11(10)14)12(17)15-7-3-1-2-4-7/h5-7,16H,1-4H2,(H,15,17). The molecule has 1 aliphatic rings. The lowest BCUT2D eigenvalue weighted by atomic mass is 10.1. The summed E-state index contributed by atoms with van der Waals surface area (Å²) in [5.41, 5.74) is 0.307. The van der Waals surface area contributed by atoms with Crippen molar-refractivity contribution < 1.29 is 9.90 Å². The Morgan fingerprint density at radius 1 is 1.24 bits per heavy atom. The zero-order chi connectivity index (χ0) is 12.4. The van der Waals surface area contributed by atoms with Crippen molar-refractivity contribution in [3.8, 4) is 5.75 Å². The molecule has 1 amide bonds. The van der Waals surface area contributed by atoms with Gasteiger partial charge in [-0.2, -0.15) is 0 Å². The van der Waals surface area contributed by atoms with Crippen molar-refractivity contribution in [2.75, 3.05) is 0 Å². The molecule has 0 unspecified atom stereocenters. The molecule has 92 valence electrons. The average Bonchev–Trinajstić information content (AvgIpc) is 2.78. The fourth-order valence-electron chi connectivity index (χ4n) is 2.05. The first-order valence-electron chi connectivity index (χ1n) is 5.57. The molecule has 0 saturated heterocycles. The molecule has 3 nitrogen and oxygen atoms in total. The summed E-state index contributed by atoms with van der Waals surface area (Å²) in [7, 11) is 0. The van der Waals surface area contributed by atoms with Crippen LogP contribution >= 0.6 is 23.2 Å². The Kier molecular flexibility index (Phi) is 3.79. The molecule has 0 spiro atoms. The highest BCUT2D eigenvalue weighted by molar-refractivity contribution is 6.44. The Hall–Kier alpha value is -0.930. The highest BCUT2D eigenvalue weighted by Gasteiger charge is 2.20. The summed E-state index contributed by atoms with van der Waals surface area (Å²) in [6.45, 7) is 0. The molecular weight excluding hydrogens is 261 g/mol. The highest BCUT2D eigenvalue weighted by atomic mass is 35.5. The summed E-state index contributed by atoms with van der Waals surface area (Å²) in [5, 5.41) is 12.4. The Labute approximate surface area is 110 Å². The number of carbonyl (C=O) groups excluding carboxylic acids is 1. The lowest BCUT2D eigenvalue weighted by molar-refractivity contribution is 0.0938. The van der Waals surface area contributed by atoms with Gasteiger partial charge in [0, 0.05) is 6.04 Å². The normalized spacial score (nSPS) is 16.1. The predicted molar refractivity (Wildman–Crippen MR) is 67.8 cm³/mol. The van der Waals surface area contributed by atoms with Crippen LogP contribution in [0.15, 0.2) is 12.1 Å². The van der Waals surface area contributed by atoms with E-state index in [1.165, 1.54) is 12.1 Å². The van der Waals surface area contributed by atoms with Gasteiger partial charge in [-0.25, -0.2) is 0 Å². The number of rotatable bonds is 2. The van der Waals surface area contributed by atoms with Gasteiger partial charge in [0.05, 0.1) is 10.6 Å². The van der Waals surface area contributed by atoms with Crippen LogP contribution in [0.4, 0.5) is 0 Å². The fourth-order valence-corrected chi connectivity index (χ4v) is 2.46. The first kappa shape index (κ1) is 12.5. The monoisotopic (exact) mass is 273 g/mol. The van der Waals surface area contributed by atoms with Crippen LogP contribution in [0, 0.1) is 0 Å². The highest BCUT2D eigenvalue weighted by Crippen LogP contribution is 2.33. The molecule has 1 saturated carbocycles. The molecule has 0 heterocycles.